The molecule has 0 saturated carbocycles. The number of ether oxygens (including phenoxy) is 4. The highest BCUT2D eigenvalue weighted by Crippen LogP contribution is 2.50. The molecule has 10 heteroatoms. The van der Waals surface area contributed by atoms with E-state index in [1.165, 1.54) is 13.0 Å². The van der Waals surface area contributed by atoms with E-state index in [1.54, 1.807) is 34.5 Å². The number of rotatable bonds is 12. The highest BCUT2D eigenvalue weighted by Gasteiger charge is 2.30. The summed E-state index contributed by atoms with van der Waals surface area (Å²) in [6.45, 7) is 6.31. The average molecular weight is 556 g/mol. The van der Waals surface area contributed by atoms with Crippen molar-refractivity contribution in [1.29, 1.82) is 0 Å². The van der Waals surface area contributed by atoms with Crippen molar-refractivity contribution in [3.8, 4) is 28.4 Å². The minimum Gasteiger partial charge on any atom is -0.493 e. The number of carbonyl (C=O) groups excluding carboxylic acids is 2. The smallest absolute Gasteiger partial charge is 0.242 e. The van der Waals surface area contributed by atoms with Gasteiger partial charge >= 0.3 is 0 Å². The molecular formula is C30H41N3O7. The van der Waals surface area contributed by atoms with Gasteiger partial charge in [0, 0.05) is 32.7 Å². The molecule has 2 amide bonds. The second kappa shape index (κ2) is 14.0. The van der Waals surface area contributed by atoms with Gasteiger partial charge in [-0.25, -0.2) is 0 Å². The predicted molar refractivity (Wildman–Crippen MR) is 154 cm³/mol. The molecule has 0 aromatic heterocycles. The first kappa shape index (κ1) is 30.7. The van der Waals surface area contributed by atoms with Crippen LogP contribution in [0.2, 0.25) is 0 Å². The topological polar surface area (TPSA) is 124 Å². The van der Waals surface area contributed by atoms with Gasteiger partial charge in [0.05, 0.1) is 33.1 Å². The van der Waals surface area contributed by atoms with Crippen LogP contribution in [0.1, 0.15) is 50.8 Å². The van der Waals surface area contributed by atoms with E-state index in [9.17, 15) is 14.4 Å². The lowest BCUT2D eigenvalue weighted by Crippen LogP contribution is -2.44. The summed E-state index contributed by atoms with van der Waals surface area (Å²) in [6, 6.07) is 5.92. The Hall–Kier alpha value is -3.79. The monoisotopic (exact) mass is 555 g/mol. The summed E-state index contributed by atoms with van der Waals surface area (Å²) in [6.07, 6.45) is 1.85. The lowest BCUT2D eigenvalue weighted by molar-refractivity contribution is -0.122. The fourth-order valence-corrected chi connectivity index (χ4v) is 5.07. The lowest BCUT2D eigenvalue weighted by Gasteiger charge is -2.22. The number of aryl methyl sites for hydroxylation is 1. The molecule has 0 bridgehead atoms. The largest absolute Gasteiger partial charge is 0.493 e. The molecule has 2 aromatic carbocycles. The molecule has 0 aliphatic heterocycles. The molecule has 3 N–H and O–H groups in total. The number of hydrogen-bond acceptors (Lipinski definition) is 8. The van der Waals surface area contributed by atoms with Crippen LogP contribution >= 0.6 is 0 Å². The van der Waals surface area contributed by atoms with Crippen LogP contribution in [0.15, 0.2) is 29.1 Å². The van der Waals surface area contributed by atoms with Gasteiger partial charge in [0.15, 0.2) is 11.5 Å². The van der Waals surface area contributed by atoms with Crippen LogP contribution in [0.25, 0.3) is 11.1 Å². The number of nitrogens with one attached hydrogen (secondary N) is 3. The van der Waals surface area contributed by atoms with E-state index in [1.807, 2.05) is 26.0 Å². The van der Waals surface area contributed by atoms with Crippen LogP contribution in [0.3, 0.4) is 0 Å². The fraction of sp³-hybridized carbons (Fsp3) is 0.500. The van der Waals surface area contributed by atoms with Crippen molar-refractivity contribution >= 4 is 17.5 Å². The second-order valence-electron chi connectivity index (χ2n) is 10.1. The van der Waals surface area contributed by atoms with Gasteiger partial charge in [-0.15, -0.1) is 0 Å². The first-order valence-electron chi connectivity index (χ1n) is 13.5. The van der Waals surface area contributed by atoms with Gasteiger partial charge in [-0.05, 0) is 60.1 Å². The molecule has 1 aliphatic rings. The Morgan fingerprint density at radius 3 is 2.35 bits per heavy atom. The Kier molecular flexibility index (Phi) is 10.8. The maximum absolute atomic E-state index is 13.6. The Bertz CT molecular complexity index is 1280. The van der Waals surface area contributed by atoms with Crippen LogP contribution in [0.4, 0.5) is 5.69 Å². The summed E-state index contributed by atoms with van der Waals surface area (Å²) in [5, 5.41) is 9.10. The van der Waals surface area contributed by atoms with E-state index in [4.69, 9.17) is 18.9 Å². The number of fused-ring (bicyclic) bond motifs is 3. The summed E-state index contributed by atoms with van der Waals surface area (Å²) in [5.41, 5.74) is 3.06. The summed E-state index contributed by atoms with van der Waals surface area (Å²) in [4.78, 5) is 38.8. The van der Waals surface area contributed by atoms with E-state index in [0.29, 0.717) is 55.2 Å². The average Bonchev–Trinajstić information content (AvgIpc) is 3.16. The number of methoxy groups -OCH3 is 4. The van der Waals surface area contributed by atoms with Crippen molar-refractivity contribution in [1.82, 2.24) is 10.6 Å². The zero-order chi connectivity index (χ0) is 29.4. The van der Waals surface area contributed by atoms with Crippen LogP contribution in [-0.4, -0.2) is 59.4 Å². The van der Waals surface area contributed by atoms with Gasteiger partial charge in [0.2, 0.25) is 23.0 Å². The number of benzene rings is 1. The molecule has 40 heavy (non-hydrogen) atoms. The van der Waals surface area contributed by atoms with Crippen LogP contribution in [-0.2, 0) is 20.7 Å². The van der Waals surface area contributed by atoms with Gasteiger partial charge in [0.1, 0.15) is 6.04 Å². The number of carbonyl (C=O) groups is 2. The molecular weight excluding hydrogens is 514 g/mol. The molecule has 3 rings (SSSR count). The van der Waals surface area contributed by atoms with Crippen molar-refractivity contribution in [2.45, 2.75) is 52.1 Å². The Morgan fingerprint density at radius 1 is 1.02 bits per heavy atom. The summed E-state index contributed by atoms with van der Waals surface area (Å²) >= 11 is 0. The SMILES string of the molecule is COCCCNC(=O)[C@H](Nc1ccc2c(cc1=O)[C@H](NC(C)=O)CCc1cc(OC)c(OC)c(OC)c1-2)C(C)C. The van der Waals surface area contributed by atoms with Gasteiger partial charge in [-0.2, -0.15) is 0 Å². The molecule has 10 nitrogen and oxygen atoms in total. The van der Waals surface area contributed by atoms with Crippen LogP contribution < -0.4 is 35.6 Å². The third-order valence-corrected chi connectivity index (χ3v) is 7.00. The van der Waals surface area contributed by atoms with Gasteiger partial charge < -0.3 is 34.9 Å². The van der Waals surface area contributed by atoms with Gasteiger partial charge in [-0.1, -0.05) is 19.9 Å². The number of hydrogen-bond donors (Lipinski definition) is 3. The second-order valence-corrected chi connectivity index (χ2v) is 10.1. The quantitative estimate of drug-likeness (QED) is 0.340. The first-order valence-corrected chi connectivity index (χ1v) is 13.5. The molecule has 2 atom stereocenters. The maximum Gasteiger partial charge on any atom is 0.242 e. The van der Waals surface area contributed by atoms with Crippen molar-refractivity contribution in [3.05, 3.63) is 45.6 Å². The fourth-order valence-electron chi connectivity index (χ4n) is 5.07. The molecule has 0 fully saturated rings. The minimum absolute atomic E-state index is 0.0881. The van der Waals surface area contributed by atoms with Gasteiger partial charge in [-0.3, -0.25) is 14.4 Å². The molecule has 1 aliphatic carbocycles. The Labute approximate surface area is 235 Å². The highest BCUT2D eigenvalue weighted by molar-refractivity contribution is 5.86. The summed E-state index contributed by atoms with van der Waals surface area (Å²) in [5.74, 6) is 0.955. The first-order chi connectivity index (χ1) is 19.2. The molecule has 0 radical (unpaired) electrons. The lowest BCUT2D eigenvalue weighted by atomic mass is 9.95. The predicted octanol–water partition coefficient (Wildman–Crippen LogP) is 3.45. The summed E-state index contributed by atoms with van der Waals surface area (Å²) < 4.78 is 22.1. The summed E-state index contributed by atoms with van der Waals surface area (Å²) in [7, 11) is 6.28. The number of amides is 2. The van der Waals surface area contributed by atoms with Crippen molar-refractivity contribution in [2.24, 2.45) is 5.92 Å². The van der Waals surface area contributed by atoms with Crippen LogP contribution in [0.5, 0.6) is 17.2 Å². The normalized spacial score (nSPS) is 14.8. The third-order valence-electron chi connectivity index (χ3n) is 7.00. The standard InChI is InChI=1S/C30H41N3O7/c1-17(2)27(30(36)31-13-8-14-37-4)33-23-12-10-20-21(16-24(23)35)22(32-18(3)34)11-9-19-15-25(38-5)28(39-6)29(40-7)26(19)20/h10,12,15-17,22,27H,8-9,11,13-14H2,1-7H3,(H,31,36)(H,32,34)(H,33,35)/t22-,27-/m1/s1. The van der Waals surface area contributed by atoms with E-state index in [-0.39, 0.29) is 28.8 Å². The Balaban J connectivity index is 2.17. The molecule has 2 aromatic rings. The molecule has 0 heterocycles. The van der Waals surface area contributed by atoms with E-state index >= 15 is 0 Å². The zero-order valence-electron chi connectivity index (χ0n) is 24.4. The zero-order valence-corrected chi connectivity index (χ0v) is 24.4. The minimum atomic E-state index is -0.630. The van der Waals surface area contributed by atoms with Crippen LogP contribution in [0, 0.1) is 5.92 Å². The van der Waals surface area contributed by atoms with E-state index in [2.05, 4.69) is 16.0 Å². The van der Waals surface area contributed by atoms with Crippen molar-refractivity contribution in [3.63, 3.8) is 0 Å². The van der Waals surface area contributed by atoms with Gasteiger partial charge in [0.25, 0.3) is 0 Å². The van der Waals surface area contributed by atoms with Crippen molar-refractivity contribution < 1.29 is 28.5 Å². The number of anilines is 1. The Morgan fingerprint density at radius 2 is 1.75 bits per heavy atom. The molecule has 0 saturated heterocycles. The van der Waals surface area contributed by atoms with Crippen molar-refractivity contribution in [2.75, 3.05) is 46.9 Å². The molecule has 0 unspecified atom stereocenters. The molecule has 0 spiro atoms. The van der Waals surface area contributed by atoms with E-state index in [0.717, 1.165) is 16.7 Å². The maximum atomic E-state index is 13.6. The third kappa shape index (κ3) is 6.85. The van der Waals surface area contributed by atoms with E-state index < -0.39 is 12.1 Å². The molecule has 218 valence electrons. The highest BCUT2D eigenvalue weighted by atomic mass is 16.5.